The maximum Gasteiger partial charge on any atom is 0.208 e. The van der Waals surface area contributed by atoms with E-state index in [9.17, 15) is 25.5 Å². The van der Waals surface area contributed by atoms with Gasteiger partial charge in [-0.05, 0) is 17.5 Å². The van der Waals surface area contributed by atoms with Crippen molar-refractivity contribution in [3.8, 4) is 51.1 Å². The summed E-state index contributed by atoms with van der Waals surface area (Å²) in [6, 6.07) is 11.2. The molecule has 26 heavy (non-hydrogen) atoms. The lowest BCUT2D eigenvalue weighted by molar-refractivity contribution is 0.330. The van der Waals surface area contributed by atoms with E-state index in [1.165, 1.54) is 6.20 Å². The lowest BCUT2D eigenvalue weighted by Crippen LogP contribution is -1.94. The summed E-state index contributed by atoms with van der Waals surface area (Å²) >= 11 is 0. The summed E-state index contributed by atoms with van der Waals surface area (Å²) in [6.45, 7) is 4.18. The molecule has 0 unspecified atom stereocenters. The number of nitrogens with zero attached hydrogens (tertiary/aromatic N) is 1. The molecule has 0 aliphatic carbocycles. The molecule has 0 saturated heterocycles. The molecule has 0 fully saturated rings. The van der Waals surface area contributed by atoms with Gasteiger partial charge in [-0.1, -0.05) is 44.2 Å². The maximum absolute atomic E-state index is 10.0. The van der Waals surface area contributed by atoms with Gasteiger partial charge in [0.2, 0.25) is 17.2 Å². The van der Waals surface area contributed by atoms with Gasteiger partial charge in [0.1, 0.15) is 0 Å². The second-order valence-electron chi connectivity index (χ2n) is 6.29. The summed E-state index contributed by atoms with van der Waals surface area (Å²) < 4.78 is 0. The first-order valence-corrected chi connectivity index (χ1v) is 8.07. The lowest BCUT2D eigenvalue weighted by atomic mass is 9.94. The fourth-order valence-electron chi connectivity index (χ4n) is 2.89. The smallest absolute Gasteiger partial charge is 0.208 e. The fourth-order valence-corrected chi connectivity index (χ4v) is 2.89. The summed E-state index contributed by atoms with van der Waals surface area (Å²) in [5, 5.41) is 48.9. The highest BCUT2D eigenvalue weighted by molar-refractivity contribution is 5.85. The first-order chi connectivity index (χ1) is 12.3. The third kappa shape index (κ3) is 2.75. The molecule has 0 bridgehead atoms. The fraction of sp³-hybridized carbons (Fsp3) is 0.150. The average molecular weight is 353 g/mol. The van der Waals surface area contributed by atoms with Crippen LogP contribution in [0.2, 0.25) is 0 Å². The topological polar surface area (TPSA) is 114 Å². The molecule has 6 nitrogen and oxygen atoms in total. The standard InChI is InChI=1S/C20H19NO5/c1-10(2)12-5-3-4-6-13(12)14-8-7-11(9-21-14)15-16(22)18(24)20(26)19(25)17(15)23/h3-10,22-26H,1-2H3. The van der Waals surface area contributed by atoms with Crippen LogP contribution < -0.4 is 0 Å². The monoisotopic (exact) mass is 353 g/mol. The van der Waals surface area contributed by atoms with Gasteiger partial charge in [-0.2, -0.15) is 0 Å². The van der Waals surface area contributed by atoms with E-state index in [0.717, 1.165) is 11.1 Å². The zero-order valence-corrected chi connectivity index (χ0v) is 14.3. The highest BCUT2D eigenvalue weighted by Gasteiger charge is 2.24. The Balaban J connectivity index is 2.11. The van der Waals surface area contributed by atoms with Gasteiger partial charge in [0.15, 0.2) is 11.5 Å². The highest BCUT2D eigenvalue weighted by Crippen LogP contribution is 2.54. The number of aromatic hydroxyl groups is 5. The summed E-state index contributed by atoms with van der Waals surface area (Å²) in [4.78, 5) is 4.38. The Bertz CT molecular complexity index is 936. The van der Waals surface area contributed by atoms with E-state index in [-0.39, 0.29) is 11.1 Å². The van der Waals surface area contributed by atoms with Crippen molar-refractivity contribution in [1.29, 1.82) is 0 Å². The molecule has 0 aliphatic heterocycles. The Morgan fingerprint density at radius 2 is 1.31 bits per heavy atom. The maximum atomic E-state index is 10.0. The molecule has 0 amide bonds. The molecule has 0 radical (unpaired) electrons. The SMILES string of the molecule is CC(C)c1ccccc1-c1ccc(-c2c(O)c(O)c(O)c(O)c2O)cn1. The van der Waals surface area contributed by atoms with Crippen LogP contribution in [0.15, 0.2) is 42.6 Å². The van der Waals surface area contributed by atoms with Gasteiger partial charge in [0, 0.05) is 17.3 Å². The summed E-state index contributed by atoms with van der Waals surface area (Å²) in [5.74, 6) is -3.98. The van der Waals surface area contributed by atoms with Crippen LogP contribution in [-0.4, -0.2) is 30.5 Å². The molecule has 5 N–H and O–H groups in total. The third-order valence-electron chi connectivity index (χ3n) is 4.28. The third-order valence-corrected chi connectivity index (χ3v) is 4.28. The lowest BCUT2D eigenvalue weighted by Gasteiger charge is -2.14. The van der Waals surface area contributed by atoms with Crippen molar-refractivity contribution in [1.82, 2.24) is 4.98 Å². The molecule has 0 aliphatic rings. The summed E-state index contributed by atoms with van der Waals surface area (Å²) in [7, 11) is 0. The van der Waals surface area contributed by atoms with Crippen LogP contribution in [0.25, 0.3) is 22.4 Å². The predicted octanol–water partition coefficient (Wildman–Crippen LogP) is 4.07. The summed E-state index contributed by atoms with van der Waals surface area (Å²) in [5.41, 5.74) is 2.88. The zero-order chi connectivity index (χ0) is 19.0. The van der Waals surface area contributed by atoms with Gasteiger partial charge in [-0.15, -0.1) is 0 Å². The van der Waals surface area contributed by atoms with Crippen LogP contribution in [0.5, 0.6) is 28.7 Å². The van der Waals surface area contributed by atoms with Crippen molar-refractivity contribution in [3.63, 3.8) is 0 Å². The van der Waals surface area contributed by atoms with Crippen LogP contribution >= 0.6 is 0 Å². The Hall–Kier alpha value is -3.41. The van der Waals surface area contributed by atoms with Crippen molar-refractivity contribution in [2.24, 2.45) is 0 Å². The van der Waals surface area contributed by atoms with Gasteiger partial charge in [-0.3, -0.25) is 4.98 Å². The van der Waals surface area contributed by atoms with Crippen molar-refractivity contribution in [2.75, 3.05) is 0 Å². The quantitative estimate of drug-likeness (QED) is 0.358. The van der Waals surface area contributed by atoms with E-state index in [1.807, 2.05) is 24.3 Å². The number of pyridine rings is 1. The van der Waals surface area contributed by atoms with Gasteiger partial charge >= 0.3 is 0 Å². The number of rotatable bonds is 3. The molecule has 1 heterocycles. The Morgan fingerprint density at radius 1 is 0.731 bits per heavy atom. The van der Waals surface area contributed by atoms with E-state index < -0.39 is 28.7 Å². The molecule has 0 atom stereocenters. The van der Waals surface area contributed by atoms with Crippen LogP contribution in [0.4, 0.5) is 0 Å². The van der Waals surface area contributed by atoms with Crippen LogP contribution in [-0.2, 0) is 0 Å². The number of hydrogen-bond acceptors (Lipinski definition) is 6. The van der Waals surface area contributed by atoms with Crippen LogP contribution in [0.1, 0.15) is 25.3 Å². The first-order valence-electron chi connectivity index (χ1n) is 8.07. The minimum absolute atomic E-state index is 0.214. The minimum Gasteiger partial charge on any atom is -0.504 e. The van der Waals surface area contributed by atoms with Crippen LogP contribution in [0.3, 0.4) is 0 Å². The number of benzene rings is 2. The molecule has 3 rings (SSSR count). The average Bonchev–Trinajstić information content (AvgIpc) is 2.65. The Kier molecular flexibility index (Phi) is 4.34. The zero-order valence-electron chi connectivity index (χ0n) is 14.3. The normalized spacial score (nSPS) is 11.0. The molecule has 6 heteroatoms. The highest BCUT2D eigenvalue weighted by atomic mass is 16.4. The molecule has 0 spiro atoms. The first kappa shape index (κ1) is 17.4. The molecule has 134 valence electrons. The molecular weight excluding hydrogens is 334 g/mol. The number of aromatic nitrogens is 1. The molecular formula is C20H19NO5. The van der Waals surface area contributed by atoms with E-state index in [2.05, 4.69) is 18.8 Å². The summed E-state index contributed by atoms with van der Waals surface area (Å²) in [6.07, 6.45) is 1.41. The number of phenols is 5. The van der Waals surface area contributed by atoms with Gasteiger partial charge in [0.25, 0.3) is 0 Å². The number of phenolic OH excluding ortho intramolecular Hbond substituents is 5. The van der Waals surface area contributed by atoms with E-state index >= 15 is 0 Å². The largest absolute Gasteiger partial charge is 0.504 e. The second kappa shape index (κ2) is 6.48. The molecule has 0 saturated carbocycles. The van der Waals surface area contributed by atoms with Gasteiger partial charge in [-0.25, -0.2) is 0 Å². The molecule has 2 aromatic carbocycles. The van der Waals surface area contributed by atoms with Crippen molar-refractivity contribution in [3.05, 3.63) is 48.2 Å². The van der Waals surface area contributed by atoms with Gasteiger partial charge < -0.3 is 25.5 Å². The predicted molar refractivity (Wildman–Crippen MR) is 97.5 cm³/mol. The molecule has 1 aromatic heterocycles. The van der Waals surface area contributed by atoms with Crippen LogP contribution in [0, 0.1) is 0 Å². The van der Waals surface area contributed by atoms with E-state index in [4.69, 9.17) is 0 Å². The van der Waals surface area contributed by atoms with E-state index in [1.54, 1.807) is 12.1 Å². The Morgan fingerprint density at radius 3 is 1.85 bits per heavy atom. The van der Waals surface area contributed by atoms with Gasteiger partial charge in [0.05, 0.1) is 11.3 Å². The van der Waals surface area contributed by atoms with Crippen molar-refractivity contribution in [2.45, 2.75) is 19.8 Å². The number of hydrogen-bond donors (Lipinski definition) is 5. The molecule has 3 aromatic rings. The van der Waals surface area contributed by atoms with Crippen molar-refractivity contribution < 1.29 is 25.5 Å². The van der Waals surface area contributed by atoms with E-state index in [0.29, 0.717) is 11.6 Å². The van der Waals surface area contributed by atoms with Crippen molar-refractivity contribution >= 4 is 0 Å². The minimum atomic E-state index is -0.987. The second-order valence-corrected chi connectivity index (χ2v) is 6.29. The Labute approximate surface area is 150 Å².